The first-order chi connectivity index (χ1) is 19.4. The maximum atomic E-state index is 13.6. The molecule has 0 aliphatic carbocycles. The van der Waals surface area contributed by atoms with E-state index in [1.54, 1.807) is 18.2 Å². The summed E-state index contributed by atoms with van der Waals surface area (Å²) in [5, 5.41) is 0. The highest BCUT2D eigenvalue weighted by atomic mass is 32.2. The maximum absolute atomic E-state index is 13.6. The molecular formula is C32H39N3O4S. The Labute approximate surface area is 238 Å². The second kappa shape index (κ2) is 12.5. The fourth-order valence-corrected chi connectivity index (χ4v) is 7.56. The van der Waals surface area contributed by atoms with Crippen molar-refractivity contribution in [1.82, 2.24) is 14.1 Å². The summed E-state index contributed by atoms with van der Waals surface area (Å²) in [6.07, 6.45) is 1.39. The minimum absolute atomic E-state index is 0.0680. The number of benzene rings is 3. The molecule has 2 heterocycles. The summed E-state index contributed by atoms with van der Waals surface area (Å²) < 4.78 is 34.1. The number of nitrogens with zero attached hydrogens (tertiary/aromatic N) is 3. The molecule has 0 unspecified atom stereocenters. The van der Waals surface area contributed by atoms with Crippen molar-refractivity contribution in [3.63, 3.8) is 0 Å². The molecule has 8 heteroatoms. The molecule has 2 fully saturated rings. The number of aryl methyl sites for hydroxylation is 1. The molecule has 2 aliphatic rings. The maximum Gasteiger partial charge on any atom is 0.243 e. The van der Waals surface area contributed by atoms with E-state index < -0.39 is 10.0 Å². The van der Waals surface area contributed by atoms with E-state index in [-0.39, 0.29) is 29.3 Å². The Bertz CT molecular complexity index is 1350. The topological polar surface area (TPSA) is 70.2 Å². The van der Waals surface area contributed by atoms with Gasteiger partial charge in [0.1, 0.15) is 5.75 Å². The van der Waals surface area contributed by atoms with Crippen LogP contribution in [0.2, 0.25) is 0 Å². The van der Waals surface area contributed by atoms with Gasteiger partial charge < -0.3 is 9.64 Å². The van der Waals surface area contributed by atoms with Crippen LogP contribution < -0.4 is 4.74 Å². The molecule has 0 radical (unpaired) electrons. The molecule has 1 atom stereocenters. The Balaban J connectivity index is 1.24. The lowest BCUT2D eigenvalue weighted by molar-refractivity contribution is -0.138. The van der Waals surface area contributed by atoms with E-state index in [1.165, 1.54) is 15.4 Å². The number of hydrogen-bond acceptors (Lipinski definition) is 5. The fraction of sp³-hybridized carbons (Fsp3) is 0.406. The fourth-order valence-electron chi connectivity index (χ4n) is 5.95. The van der Waals surface area contributed by atoms with Crippen molar-refractivity contribution in [2.75, 3.05) is 45.9 Å². The van der Waals surface area contributed by atoms with Crippen LogP contribution in [0, 0.1) is 12.8 Å². The number of piperazine rings is 1. The third-order valence-electron chi connectivity index (χ3n) is 8.04. The normalized spacial score (nSPS) is 19.1. The van der Waals surface area contributed by atoms with Crippen LogP contribution in [0.25, 0.3) is 0 Å². The smallest absolute Gasteiger partial charge is 0.243 e. The molecule has 1 amide bonds. The molecule has 212 valence electrons. The van der Waals surface area contributed by atoms with Crippen LogP contribution in [-0.2, 0) is 14.8 Å². The van der Waals surface area contributed by atoms with Gasteiger partial charge in [0, 0.05) is 39.3 Å². The van der Waals surface area contributed by atoms with Gasteiger partial charge in [0.15, 0.2) is 0 Å². The standard InChI is InChI=1S/C32H39N3O4S/c1-3-39-30-17-16-29(23-25(30)2)40(37,38)35-18-10-15-28(24-35)32(36)34-21-19-33(20-22-34)31(26-11-6-4-7-12-26)27-13-8-5-9-14-27/h4-9,11-14,16-17,23,28,31H,3,10,15,18-22,24H2,1-2H3/t28-/m0/s1. The largest absolute Gasteiger partial charge is 0.494 e. The summed E-state index contributed by atoms with van der Waals surface area (Å²) >= 11 is 0. The first-order valence-electron chi connectivity index (χ1n) is 14.2. The van der Waals surface area contributed by atoms with E-state index in [0.29, 0.717) is 44.8 Å². The molecule has 7 nitrogen and oxygen atoms in total. The van der Waals surface area contributed by atoms with Crippen LogP contribution >= 0.6 is 0 Å². The molecule has 0 bridgehead atoms. The first-order valence-corrected chi connectivity index (χ1v) is 15.7. The molecule has 0 N–H and O–H groups in total. The van der Waals surface area contributed by atoms with Crippen LogP contribution in [0.5, 0.6) is 5.75 Å². The highest BCUT2D eigenvalue weighted by Crippen LogP contribution is 2.31. The lowest BCUT2D eigenvalue weighted by atomic mass is 9.95. The molecule has 3 aromatic carbocycles. The molecular weight excluding hydrogens is 522 g/mol. The van der Waals surface area contributed by atoms with E-state index >= 15 is 0 Å². The number of amides is 1. The summed E-state index contributed by atoms with van der Waals surface area (Å²) in [4.78, 5) is 18.3. The van der Waals surface area contributed by atoms with E-state index in [2.05, 4.69) is 53.4 Å². The van der Waals surface area contributed by atoms with Crippen molar-refractivity contribution >= 4 is 15.9 Å². The zero-order chi connectivity index (χ0) is 28.1. The molecule has 0 aromatic heterocycles. The van der Waals surface area contributed by atoms with Gasteiger partial charge in [-0.15, -0.1) is 0 Å². The van der Waals surface area contributed by atoms with Crippen LogP contribution in [0.1, 0.15) is 42.5 Å². The van der Waals surface area contributed by atoms with Crippen molar-refractivity contribution in [2.24, 2.45) is 5.92 Å². The zero-order valence-electron chi connectivity index (χ0n) is 23.4. The Morgan fingerprint density at radius 3 is 2.10 bits per heavy atom. The Morgan fingerprint density at radius 1 is 0.900 bits per heavy atom. The minimum atomic E-state index is -3.70. The van der Waals surface area contributed by atoms with Crippen LogP contribution in [0.3, 0.4) is 0 Å². The summed E-state index contributed by atoms with van der Waals surface area (Å²) in [6.45, 7) is 7.74. The van der Waals surface area contributed by atoms with Gasteiger partial charge in [0.2, 0.25) is 15.9 Å². The van der Waals surface area contributed by atoms with Crippen molar-refractivity contribution in [3.8, 4) is 5.75 Å². The molecule has 5 rings (SSSR count). The predicted octanol–water partition coefficient (Wildman–Crippen LogP) is 4.73. The zero-order valence-corrected chi connectivity index (χ0v) is 24.2. The van der Waals surface area contributed by atoms with Crippen LogP contribution in [-0.4, -0.2) is 74.3 Å². The van der Waals surface area contributed by atoms with Crippen molar-refractivity contribution in [2.45, 2.75) is 37.6 Å². The van der Waals surface area contributed by atoms with Gasteiger partial charge in [-0.05, 0) is 61.6 Å². The van der Waals surface area contributed by atoms with E-state index in [1.807, 2.05) is 30.9 Å². The second-order valence-electron chi connectivity index (χ2n) is 10.6. The van der Waals surface area contributed by atoms with Gasteiger partial charge in [0.05, 0.1) is 23.5 Å². The van der Waals surface area contributed by atoms with Crippen LogP contribution in [0.15, 0.2) is 83.8 Å². The number of carbonyl (C=O) groups excluding carboxylic acids is 1. The van der Waals surface area contributed by atoms with Gasteiger partial charge in [-0.3, -0.25) is 9.69 Å². The van der Waals surface area contributed by atoms with Crippen molar-refractivity contribution in [3.05, 3.63) is 95.6 Å². The highest BCUT2D eigenvalue weighted by Gasteiger charge is 2.37. The summed E-state index contributed by atoms with van der Waals surface area (Å²) in [5.74, 6) is 0.436. The summed E-state index contributed by atoms with van der Waals surface area (Å²) in [5.41, 5.74) is 3.27. The third-order valence-corrected chi connectivity index (χ3v) is 9.90. The average Bonchev–Trinajstić information content (AvgIpc) is 2.99. The second-order valence-corrected chi connectivity index (χ2v) is 12.6. The first kappa shape index (κ1) is 28.3. The Hall–Kier alpha value is -3.20. The number of piperidine rings is 1. The monoisotopic (exact) mass is 561 g/mol. The highest BCUT2D eigenvalue weighted by molar-refractivity contribution is 7.89. The quantitative estimate of drug-likeness (QED) is 0.398. The average molecular weight is 562 g/mol. The minimum Gasteiger partial charge on any atom is -0.494 e. The molecule has 2 saturated heterocycles. The predicted molar refractivity (Wildman–Crippen MR) is 157 cm³/mol. The van der Waals surface area contributed by atoms with Gasteiger partial charge in [-0.1, -0.05) is 60.7 Å². The third kappa shape index (κ3) is 6.09. The van der Waals surface area contributed by atoms with Gasteiger partial charge >= 0.3 is 0 Å². The van der Waals surface area contributed by atoms with Crippen LogP contribution in [0.4, 0.5) is 0 Å². The summed E-state index contributed by atoms with van der Waals surface area (Å²) in [7, 11) is -3.70. The number of hydrogen-bond donors (Lipinski definition) is 0. The van der Waals surface area contributed by atoms with Crippen molar-refractivity contribution < 1.29 is 17.9 Å². The SMILES string of the molecule is CCOc1ccc(S(=O)(=O)N2CCC[C@H](C(=O)N3CCN(C(c4ccccc4)c4ccccc4)CC3)C2)cc1C. The molecule has 3 aromatic rings. The number of rotatable bonds is 8. The van der Waals surface area contributed by atoms with Gasteiger partial charge in [0.25, 0.3) is 0 Å². The lowest BCUT2D eigenvalue weighted by Crippen LogP contribution is -2.53. The van der Waals surface area contributed by atoms with E-state index in [0.717, 1.165) is 18.7 Å². The number of carbonyl (C=O) groups is 1. The Morgan fingerprint density at radius 2 is 1.52 bits per heavy atom. The molecule has 0 saturated carbocycles. The van der Waals surface area contributed by atoms with Crippen molar-refractivity contribution in [1.29, 1.82) is 0 Å². The van der Waals surface area contributed by atoms with E-state index in [9.17, 15) is 13.2 Å². The number of ether oxygens (including phenoxy) is 1. The number of sulfonamides is 1. The van der Waals surface area contributed by atoms with Gasteiger partial charge in [-0.2, -0.15) is 4.31 Å². The Kier molecular flexibility index (Phi) is 8.88. The molecule has 2 aliphatic heterocycles. The summed E-state index contributed by atoms with van der Waals surface area (Å²) in [6, 6.07) is 26.1. The molecule has 0 spiro atoms. The van der Waals surface area contributed by atoms with E-state index in [4.69, 9.17) is 4.74 Å². The molecule has 40 heavy (non-hydrogen) atoms. The van der Waals surface area contributed by atoms with Gasteiger partial charge in [-0.25, -0.2) is 8.42 Å². The lowest BCUT2D eigenvalue weighted by Gasteiger charge is -2.41.